The van der Waals surface area contributed by atoms with E-state index in [1.165, 1.54) is 0 Å². The van der Waals surface area contributed by atoms with Crippen molar-refractivity contribution in [1.82, 2.24) is 19.7 Å². The summed E-state index contributed by atoms with van der Waals surface area (Å²) in [5.74, 6) is 1.45. The Bertz CT molecular complexity index is 758. The van der Waals surface area contributed by atoms with Crippen LogP contribution in [-0.2, 0) is 6.54 Å². The quantitative estimate of drug-likeness (QED) is 0.714. The molecule has 0 fully saturated rings. The maximum absolute atomic E-state index is 5.95. The topological polar surface area (TPSA) is 52.8 Å². The molecule has 0 radical (unpaired) electrons. The van der Waals surface area contributed by atoms with E-state index in [0.717, 1.165) is 27.9 Å². The molecule has 0 atom stereocenters. The number of aryl methyl sites for hydroxylation is 2. The number of nitrogens with zero attached hydrogens (tertiary/aromatic N) is 4. The zero-order valence-electron chi connectivity index (χ0n) is 12.4. The van der Waals surface area contributed by atoms with E-state index in [1.54, 1.807) is 28.8 Å². The standard InChI is InChI=1S/C16H16N4OS/c1-3-20-16(7-9-19-20)21-14-10-13(11-18-12(14)2)22-15-6-4-5-8-17-15/h4-11H,3H2,1-2H3. The third-order valence-corrected chi connectivity index (χ3v) is 3.98. The molecule has 6 heteroatoms. The van der Waals surface area contributed by atoms with Gasteiger partial charge in [-0.1, -0.05) is 17.8 Å². The molecule has 0 spiro atoms. The maximum atomic E-state index is 5.95. The lowest BCUT2D eigenvalue weighted by Gasteiger charge is -2.10. The highest BCUT2D eigenvalue weighted by atomic mass is 32.2. The van der Waals surface area contributed by atoms with Crippen LogP contribution in [0.15, 0.2) is 58.8 Å². The predicted octanol–water partition coefficient (Wildman–Crippen LogP) is 3.94. The monoisotopic (exact) mass is 312 g/mol. The van der Waals surface area contributed by atoms with Crippen LogP contribution in [0, 0.1) is 6.92 Å². The lowest BCUT2D eigenvalue weighted by molar-refractivity contribution is 0.411. The molecule has 0 N–H and O–H groups in total. The van der Waals surface area contributed by atoms with Crippen molar-refractivity contribution in [3.05, 3.63) is 54.6 Å². The summed E-state index contributed by atoms with van der Waals surface area (Å²) in [6.07, 6.45) is 5.34. The second-order valence-corrected chi connectivity index (χ2v) is 5.71. The smallest absolute Gasteiger partial charge is 0.217 e. The molecule has 0 aliphatic carbocycles. The van der Waals surface area contributed by atoms with Crippen molar-refractivity contribution in [2.24, 2.45) is 0 Å². The molecule has 112 valence electrons. The summed E-state index contributed by atoms with van der Waals surface area (Å²) in [5.41, 5.74) is 0.842. The van der Waals surface area contributed by atoms with Crippen molar-refractivity contribution < 1.29 is 4.74 Å². The Morgan fingerprint density at radius 2 is 2.09 bits per heavy atom. The Kier molecular flexibility index (Phi) is 4.39. The molecule has 0 saturated heterocycles. The van der Waals surface area contributed by atoms with Gasteiger partial charge in [0, 0.05) is 29.9 Å². The average molecular weight is 312 g/mol. The van der Waals surface area contributed by atoms with Crippen LogP contribution in [0.1, 0.15) is 12.6 Å². The van der Waals surface area contributed by atoms with Crippen molar-refractivity contribution in [2.75, 3.05) is 0 Å². The van der Waals surface area contributed by atoms with Gasteiger partial charge in [-0.15, -0.1) is 0 Å². The highest BCUT2D eigenvalue weighted by Gasteiger charge is 2.09. The van der Waals surface area contributed by atoms with Gasteiger partial charge in [0.05, 0.1) is 11.9 Å². The van der Waals surface area contributed by atoms with Gasteiger partial charge in [0.15, 0.2) is 5.75 Å². The summed E-state index contributed by atoms with van der Waals surface area (Å²) in [6, 6.07) is 9.67. The molecule has 22 heavy (non-hydrogen) atoms. The molecule has 3 rings (SSSR count). The first kappa shape index (κ1) is 14.6. The Morgan fingerprint density at radius 1 is 1.18 bits per heavy atom. The fraction of sp³-hybridized carbons (Fsp3) is 0.188. The van der Waals surface area contributed by atoms with Crippen LogP contribution in [0.5, 0.6) is 11.6 Å². The lowest BCUT2D eigenvalue weighted by Crippen LogP contribution is -2.00. The molecule has 0 aromatic carbocycles. The van der Waals surface area contributed by atoms with E-state index in [2.05, 4.69) is 15.1 Å². The van der Waals surface area contributed by atoms with Crippen LogP contribution in [0.2, 0.25) is 0 Å². The van der Waals surface area contributed by atoms with Crippen LogP contribution < -0.4 is 4.74 Å². The Morgan fingerprint density at radius 3 is 2.86 bits per heavy atom. The maximum Gasteiger partial charge on any atom is 0.217 e. The zero-order valence-corrected chi connectivity index (χ0v) is 13.2. The summed E-state index contributed by atoms with van der Waals surface area (Å²) in [5, 5.41) is 5.14. The lowest BCUT2D eigenvalue weighted by atomic mass is 10.3. The molecule has 0 saturated carbocycles. The number of ether oxygens (including phenoxy) is 1. The van der Waals surface area contributed by atoms with Gasteiger partial charge in [-0.2, -0.15) is 5.10 Å². The molecule has 0 bridgehead atoms. The normalized spacial score (nSPS) is 10.6. The average Bonchev–Trinajstić information content (AvgIpc) is 2.99. The van der Waals surface area contributed by atoms with Crippen molar-refractivity contribution in [3.8, 4) is 11.6 Å². The number of aromatic nitrogens is 4. The fourth-order valence-corrected chi connectivity index (χ4v) is 2.71. The third-order valence-electron chi connectivity index (χ3n) is 3.07. The molecule has 0 aliphatic rings. The molecule has 3 heterocycles. The Labute approximate surface area is 133 Å². The van der Waals surface area contributed by atoms with Crippen molar-refractivity contribution in [1.29, 1.82) is 0 Å². The second-order valence-electron chi connectivity index (χ2n) is 4.61. The molecule has 0 amide bonds. The Hall–Kier alpha value is -2.34. The minimum atomic E-state index is 0.715. The number of hydrogen-bond acceptors (Lipinski definition) is 5. The molecular weight excluding hydrogens is 296 g/mol. The highest BCUT2D eigenvalue weighted by Crippen LogP contribution is 2.31. The SMILES string of the molecule is CCn1nccc1Oc1cc(Sc2ccccn2)cnc1C. The first-order chi connectivity index (χ1) is 10.8. The molecule has 3 aromatic rings. The first-order valence-corrected chi connectivity index (χ1v) is 7.83. The first-order valence-electron chi connectivity index (χ1n) is 7.01. The largest absolute Gasteiger partial charge is 0.437 e. The van der Waals surface area contributed by atoms with Gasteiger partial charge in [-0.05, 0) is 32.0 Å². The highest BCUT2D eigenvalue weighted by molar-refractivity contribution is 7.99. The molecule has 5 nitrogen and oxygen atoms in total. The third kappa shape index (κ3) is 3.28. The zero-order chi connectivity index (χ0) is 15.4. The van der Waals surface area contributed by atoms with Crippen LogP contribution in [0.3, 0.4) is 0 Å². The summed E-state index contributed by atoms with van der Waals surface area (Å²) in [6.45, 7) is 4.71. The van der Waals surface area contributed by atoms with Crippen LogP contribution >= 0.6 is 11.8 Å². The number of hydrogen-bond donors (Lipinski definition) is 0. The number of pyridine rings is 2. The van der Waals surface area contributed by atoms with Crippen molar-refractivity contribution >= 4 is 11.8 Å². The van der Waals surface area contributed by atoms with E-state index in [1.807, 2.05) is 50.4 Å². The summed E-state index contributed by atoms with van der Waals surface area (Å²) in [4.78, 5) is 9.71. The minimum absolute atomic E-state index is 0.715. The molecular formula is C16H16N4OS. The van der Waals surface area contributed by atoms with Crippen LogP contribution in [-0.4, -0.2) is 19.7 Å². The van der Waals surface area contributed by atoms with Crippen molar-refractivity contribution in [3.63, 3.8) is 0 Å². The Balaban J connectivity index is 1.84. The van der Waals surface area contributed by atoms with Gasteiger partial charge in [-0.3, -0.25) is 4.98 Å². The molecule has 0 aliphatic heterocycles. The summed E-state index contributed by atoms with van der Waals surface area (Å²) >= 11 is 1.56. The minimum Gasteiger partial charge on any atom is -0.437 e. The number of rotatable bonds is 5. The van der Waals surface area contributed by atoms with E-state index >= 15 is 0 Å². The van der Waals surface area contributed by atoms with Crippen LogP contribution in [0.25, 0.3) is 0 Å². The van der Waals surface area contributed by atoms with Gasteiger partial charge >= 0.3 is 0 Å². The van der Waals surface area contributed by atoms with Gasteiger partial charge in [0.25, 0.3) is 0 Å². The van der Waals surface area contributed by atoms with Gasteiger partial charge in [0.2, 0.25) is 5.88 Å². The predicted molar refractivity (Wildman–Crippen MR) is 85.3 cm³/mol. The van der Waals surface area contributed by atoms with E-state index in [0.29, 0.717) is 5.88 Å². The van der Waals surface area contributed by atoms with E-state index < -0.39 is 0 Å². The van der Waals surface area contributed by atoms with Gasteiger partial charge < -0.3 is 4.74 Å². The molecule has 3 aromatic heterocycles. The fourth-order valence-electron chi connectivity index (χ4n) is 1.94. The van der Waals surface area contributed by atoms with E-state index in [4.69, 9.17) is 4.74 Å². The van der Waals surface area contributed by atoms with Gasteiger partial charge in [0.1, 0.15) is 5.03 Å². The van der Waals surface area contributed by atoms with Crippen molar-refractivity contribution in [2.45, 2.75) is 30.3 Å². The van der Waals surface area contributed by atoms with Gasteiger partial charge in [-0.25, -0.2) is 9.67 Å². The summed E-state index contributed by atoms with van der Waals surface area (Å²) in [7, 11) is 0. The summed E-state index contributed by atoms with van der Waals surface area (Å²) < 4.78 is 7.76. The molecule has 0 unspecified atom stereocenters. The van der Waals surface area contributed by atoms with E-state index in [9.17, 15) is 0 Å². The van der Waals surface area contributed by atoms with E-state index in [-0.39, 0.29) is 0 Å². The van der Waals surface area contributed by atoms with Crippen LogP contribution in [0.4, 0.5) is 0 Å². The second kappa shape index (κ2) is 6.62.